The molecule has 2 aromatic carbocycles. The van der Waals surface area contributed by atoms with Gasteiger partial charge in [-0.05, 0) is 24.3 Å². The van der Waals surface area contributed by atoms with E-state index in [1.807, 2.05) is 0 Å². The maximum Gasteiger partial charge on any atom is 0.339 e. The van der Waals surface area contributed by atoms with E-state index in [0.29, 0.717) is 27.5 Å². The second kappa shape index (κ2) is 8.77. The normalized spacial score (nSPS) is 10.8. The molecular weight excluding hydrogens is 392 g/mol. The van der Waals surface area contributed by atoms with Gasteiger partial charge in [0.05, 0.1) is 29.0 Å². The number of hydrogen-bond donors (Lipinski definition) is 1. The zero-order valence-electron chi connectivity index (χ0n) is 15.2. The Labute approximate surface area is 169 Å². The first-order chi connectivity index (χ1) is 14.0. The number of nitriles is 1. The number of thiazole rings is 1. The molecule has 0 fully saturated rings. The van der Waals surface area contributed by atoms with Gasteiger partial charge < -0.3 is 10.1 Å². The molecular formula is C20H14N4O4S. The van der Waals surface area contributed by atoms with Crippen molar-refractivity contribution in [3.05, 3.63) is 80.8 Å². The molecule has 0 aliphatic heterocycles. The molecule has 1 N–H and O–H groups in total. The van der Waals surface area contributed by atoms with Crippen LogP contribution in [0.4, 0.5) is 11.4 Å². The number of nitrogens with one attached hydrogen (secondary N) is 1. The first kappa shape index (κ1) is 19.7. The van der Waals surface area contributed by atoms with E-state index < -0.39 is 10.9 Å². The standard InChI is InChI=1S/C20H14N4O4S/c1-28-20(25)16-4-2-3-5-17(16)22-11-14(10-21)19-23-18(12-29-19)13-6-8-15(9-7-13)24(26)27/h2-9,11-12,22H,1H3. The first-order valence-corrected chi connectivity index (χ1v) is 9.16. The van der Waals surface area contributed by atoms with Crippen molar-refractivity contribution in [1.29, 1.82) is 5.26 Å². The Morgan fingerprint density at radius 3 is 2.66 bits per heavy atom. The predicted molar refractivity (Wildman–Crippen MR) is 109 cm³/mol. The lowest BCUT2D eigenvalue weighted by Gasteiger charge is -2.07. The van der Waals surface area contributed by atoms with Crippen molar-refractivity contribution in [3.63, 3.8) is 0 Å². The number of anilines is 1. The second-order valence-electron chi connectivity index (χ2n) is 5.69. The number of para-hydroxylation sites is 1. The van der Waals surface area contributed by atoms with Crippen LogP contribution in [0.15, 0.2) is 60.1 Å². The Kier molecular flexibility index (Phi) is 5.97. The number of nitrogens with zero attached hydrogens (tertiary/aromatic N) is 3. The predicted octanol–water partition coefficient (Wildman–Crippen LogP) is 4.48. The Balaban J connectivity index is 1.84. The Hall–Kier alpha value is -4.03. The van der Waals surface area contributed by atoms with Gasteiger partial charge in [-0.3, -0.25) is 10.1 Å². The summed E-state index contributed by atoms with van der Waals surface area (Å²) in [4.78, 5) is 26.6. The molecule has 1 heterocycles. The largest absolute Gasteiger partial charge is 0.465 e. The number of non-ortho nitro benzene ring substituents is 1. The number of methoxy groups -OCH3 is 1. The number of ether oxygens (including phenoxy) is 1. The number of carbonyl (C=O) groups is 1. The summed E-state index contributed by atoms with van der Waals surface area (Å²) in [7, 11) is 1.30. The highest BCUT2D eigenvalue weighted by Gasteiger charge is 2.13. The van der Waals surface area contributed by atoms with Gasteiger partial charge in [0.1, 0.15) is 16.6 Å². The van der Waals surface area contributed by atoms with Crippen LogP contribution < -0.4 is 5.32 Å². The van der Waals surface area contributed by atoms with Crippen molar-refractivity contribution in [3.8, 4) is 17.3 Å². The monoisotopic (exact) mass is 406 g/mol. The highest BCUT2D eigenvalue weighted by molar-refractivity contribution is 7.11. The Morgan fingerprint density at radius 1 is 1.28 bits per heavy atom. The zero-order valence-corrected chi connectivity index (χ0v) is 16.0. The highest BCUT2D eigenvalue weighted by atomic mass is 32.1. The number of nitro groups is 1. The maximum absolute atomic E-state index is 11.8. The van der Waals surface area contributed by atoms with E-state index in [1.54, 1.807) is 41.8 Å². The molecule has 29 heavy (non-hydrogen) atoms. The van der Waals surface area contributed by atoms with Gasteiger partial charge in [-0.2, -0.15) is 5.26 Å². The van der Waals surface area contributed by atoms with Crippen molar-refractivity contribution in [1.82, 2.24) is 4.98 Å². The second-order valence-corrected chi connectivity index (χ2v) is 6.55. The van der Waals surface area contributed by atoms with Crippen LogP contribution in [-0.2, 0) is 4.74 Å². The van der Waals surface area contributed by atoms with Crippen LogP contribution in [-0.4, -0.2) is 23.0 Å². The van der Waals surface area contributed by atoms with E-state index in [9.17, 15) is 20.2 Å². The third kappa shape index (κ3) is 4.45. The minimum absolute atomic E-state index is 0.00437. The number of hydrogen-bond acceptors (Lipinski definition) is 8. The molecule has 3 aromatic rings. The minimum Gasteiger partial charge on any atom is -0.465 e. The van der Waals surface area contributed by atoms with Crippen LogP contribution in [0.2, 0.25) is 0 Å². The van der Waals surface area contributed by atoms with E-state index in [-0.39, 0.29) is 11.3 Å². The van der Waals surface area contributed by atoms with Crippen molar-refractivity contribution in [2.75, 3.05) is 12.4 Å². The maximum atomic E-state index is 11.8. The molecule has 9 heteroatoms. The number of aromatic nitrogens is 1. The van der Waals surface area contributed by atoms with Crippen molar-refractivity contribution in [2.45, 2.75) is 0 Å². The number of nitro benzene ring substituents is 1. The van der Waals surface area contributed by atoms with Gasteiger partial charge in [0, 0.05) is 29.3 Å². The van der Waals surface area contributed by atoms with Gasteiger partial charge in [0.2, 0.25) is 0 Å². The first-order valence-electron chi connectivity index (χ1n) is 8.28. The van der Waals surface area contributed by atoms with Gasteiger partial charge in [-0.25, -0.2) is 9.78 Å². The van der Waals surface area contributed by atoms with E-state index >= 15 is 0 Å². The van der Waals surface area contributed by atoms with Crippen LogP contribution in [0.5, 0.6) is 0 Å². The SMILES string of the molecule is COC(=O)c1ccccc1NC=C(C#N)c1nc(-c2ccc([N+](=O)[O-])cc2)cs1. The molecule has 0 radical (unpaired) electrons. The summed E-state index contributed by atoms with van der Waals surface area (Å²) < 4.78 is 4.75. The van der Waals surface area contributed by atoms with Gasteiger partial charge in [-0.1, -0.05) is 12.1 Å². The zero-order chi connectivity index (χ0) is 20.8. The van der Waals surface area contributed by atoms with Crippen LogP contribution in [0, 0.1) is 21.4 Å². The fourth-order valence-corrected chi connectivity index (χ4v) is 3.27. The lowest BCUT2D eigenvalue weighted by atomic mass is 10.1. The summed E-state index contributed by atoms with van der Waals surface area (Å²) in [5, 5.41) is 25.5. The Morgan fingerprint density at radius 2 is 2.00 bits per heavy atom. The fourth-order valence-electron chi connectivity index (χ4n) is 2.47. The minimum atomic E-state index is -0.491. The summed E-state index contributed by atoms with van der Waals surface area (Å²) in [5.74, 6) is -0.491. The van der Waals surface area contributed by atoms with Crippen LogP contribution in [0.1, 0.15) is 15.4 Å². The third-order valence-corrected chi connectivity index (χ3v) is 4.81. The Bertz CT molecular complexity index is 1130. The summed E-state index contributed by atoms with van der Waals surface area (Å²) in [5.41, 5.74) is 2.43. The molecule has 0 saturated carbocycles. The molecule has 0 saturated heterocycles. The molecule has 8 nitrogen and oxygen atoms in total. The number of esters is 1. The molecule has 0 atom stereocenters. The average molecular weight is 406 g/mol. The summed E-state index contributed by atoms with van der Waals surface area (Å²) in [6, 6.07) is 14.9. The van der Waals surface area contributed by atoms with Crippen molar-refractivity contribution in [2.24, 2.45) is 0 Å². The lowest BCUT2D eigenvalue weighted by molar-refractivity contribution is -0.384. The third-order valence-electron chi connectivity index (χ3n) is 3.93. The molecule has 0 spiro atoms. The van der Waals surface area contributed by atoms with Crippen LogP contribution in [0.3, 0.4) is 0 Å². The summed E-state index contributed by atoms with van der Waals surface area (Å²) in [6.45, 7) is 0. The molecule has 0 aliphatic rings. The van der Waals surface area contributed by atoms with Gasteiger partial charge in [-0.15, -0.1) is 11.3 Å². The van der Waals surface area contributed by atoms with Gasteiger partial charge >= 0.3 is 5.97 Å². The number of benzene rings is 2. The molecule has 144 valence electrons. The van der Waals surface area contributed by atoms with E-state index in [4.69, 9.17) is 4.74 Å². The lowest BCUT2D eigenvalue weighted by Crippen LogP contribution is -2.05. The van der Waals surface area contributed by atoms with E-state index in [1.165, 1.54) is 36.8 Å². The van der Waals surface area contributed by atoms with Crippen LogP contribution in [0.25, 0.3) is 16.8 Å². The molecule has 0 aliphatic carbocycles. The highest BCUT2D eigenvalue weighted by Crippen LogP contribution is 2.27. The van der Waals surface area contributed by atoms with E-state index in [0.717, 1.165) is 0 Å². The van der Waals surface area contributed by atoms with Gasteiger partial charge in [0.25, 0.3) is 5.69 Å². The quantitative estimate of drug-likeness (QED) is 0.277. The molecule has 0 amide bonds. The number of rotatable bonds is 6. The summed E-state index contributed by atoms with van der Waals surface area (Å²) in [6.07, 6.45) is 1.47. The fraction of sp³-hybridized carbons (Fsp3) is 0.0500. The summed E-state index contributed by atoms with van der Waals surface area (Å²) >= 11 is 1.27. The molecule has 1 aromatic heterocycles. The number of allylic oxidation sites excluding steroid dienone is 1. The van der Waals surface area contributed by atoms with Gasteiger partial charge in [0.15, 0.2) is 0 Å². The smallest absolute Gasteiger partial charge is 0.339 e. The number of carbonyl (C=O) groups excluding carboxylic acids is 1. The van der Waals surface area contributed by atoms with Crippen molar-refractivity contribution < 1.29 is 14.5 Å². The molecule has 0 bridgehead atoms. The average Bonchev–Trinajstić information content (AvgIpc) is 3.24. The van der Waals surface area contributed by atoms with Crippen molar-refractivity contribution >= 4 is 34.3 Å². The molecule has 3 rings (SSSR count). The molecule has 0 unspecified atom stereocenters. The van der Waals surface area contributed by atoms with E-state index in [2.05, 4.69) is 16.4 Å². The van der Waals surface area contributed by atoms with Crippen LogP contribution >= 0.6 is 11.3 Å². The topological polar surface area (TPSA) is 118 Å².